The summed E-state index contributed by atoms with van der Waals surface area (Å²) in [5, 5.41) is 0.349. The van der Waals surface area contributed by atoms with Crippen molar-refractivity contribution in [3.63, 3.8) is 0 Å². The minimum absolute atomic E-state index is 0.174. The number of fused-ring (bicyclic) bond motifs is 1. The summed E-state index contributed by atoms with van der Waals surface area (Å²) in [7, 11) is 1.51. The largest absolute Gasteiger partial charge is 0.481 e. The molecule has 0 fully saturated rings. The average molecular weight is 293 g/mol. The van der Waals surface area contributed by atoms with E-state index in [-0.39, 0.29) is 5.95 Å². The first kappa shape index (κ1) is 12.7. The van der Waals surface area contributed by atoms with Crippen molar-refractivity contribution in [2.45, 2.75) is 0 Å². The van der Waals surface area contributed by atoms with E-state index in [0.717, 1.165) is 0 Å². The fourth-order valence-corrected chi connectivity index (χ4v) is 2.17. The second-order valence-electron chi connectivity index (χ2n) is 4.10. The number of aromatic nitrogens is 3. The molecule has 3 aromatic rings. The van der Waals surface area contributed by atoms with Crippen LogP contribution in [0.25, 0.3) is 16.9 Å². The summed E-state index contributed by atoms with van der Waals surface area (Å²) < 4.78 is 20.0. The molecule has 0 amide bonds. The Labute approximate surface area is 118 Å². The number of halogens is 2. The highest BCUT2D eigenvalue weighted by atomic mass is 35.5. The molecule has 0 unspecified atom stereocenters. The number of benzene rings is 1. The summed E-state index contributed by atoms with van der Waals surface area (Å²) in [5.41, 5.74) is 7.29. The number of nitrogens with two attached hydrogens (primary N) is 1. The van der Waals surface area contributed by atoms with E-state index in [9.17, 15) is 4.39 Å². The Morgan fingerprint density at radius 3 is 2.80 bits per heavy atom. The van der Waals surface area contributed by atoms with Crippen molar-refractivity contribution >= 4 is 28.7 Å². The summed E-state index contributed by atoms with van der Waals surface area (Å²) in [6, 6.07) is 7.40. The molecule has 0 spiro atoms. The standard InChI is InChI=1S/C13H10ClFN4O/c1-20-11-5-4-9-12(18-11)19(13(16)17-9)10-6-7(15)2-3-8(10)14/h2-6H,1H3,(H2,16,17). The van der Waals surface area contributed by atoms with Gasteiger partial charge in [-0.05, 0) is 24.3 Å². The van der Waals surface area contributed by atoms with Crippen LogP contribution >= 0.6 is 11.6 Å². The molecule has 0 bridgehead atoms. The summed E-state index contributed by atoms with van der Waals surface area (Å²) >= 11 is 6.10. The summed E-state index contributed by atoms with van der Waals surface area (Å²) in [6.45, 7) is 0. The lowest BCUT2D eigenvalue weighted by Crippen LogP contribution is -2.03. The highest BCUT2D eigenvalue weighted by Crippen LogP contribution is 2.28. The zero-order chi connectivity index (χ0) is 14.3. The Morgan fingerprint density at radius 2 is 2.05 bits per heavy atom. The van der Waals surface area contributed by atoms with E-state index in [4.69, 9.17) is 22.1 Å². The number of methoxy groups -OCH3 is 1. The Balaban J connectivity index is 2.34. The highest BCUT2D eigenvalue weighted by Gasteiger charge is 2.15. The Hall–Kier alpha value is -2.34. The molecule has 0 aliphatic heterocycles. The van der Waals surface area contributed by atoms with Crippen molar-refractivity contribution < 1.29 is 9.13 Å². The minimum atomic E-state index is -0.423. The fourth-order valence-electron chi connectivity index (χ4n) is 1.97. The van der Waals surface area contributed by atoms with Crippen LogP contribution in [0.5, 0.6) is 5.88 Å². The van der Waals surface area contributed by atoms with Crippen molar-refractivity contribution in [2.24, 2.45) is 0 Å². The first-order valence-corrected chi connectivity index (χ1v) is 6.12. The number of imidazole rings is 1. The second-order valence-corrected chi connectivity index (χ2v) is 4.50. The lowest BCUT2D eigenvalue weighted by atomic mass is 10.3. The molecule has 5 nitrogen and oxygen atoms in total. The monoisotopic (exact) mass is 292 g/mol. The van der Waals surface area contributed by atoms with Crippen LogP contribution in [0.15, 0.2) is 30.3 Å². The van der Waals surface area contributed by atoms with Crippen LogP contribution in [-0.2, 0) is 0 Å². The summed E-state index contributed by atoms with van der Waals surface area (Å²) in [6.07, 6.45) is 0. The van der Waals surface area contributed by atoms with E-state index in [1.54, 1.807) is 12.1 Å². The molecular formula is C13H10ClFN4O. The molecule has 7 heteroatoms. The number of nitrogen functional groups attached to an aromatic ring is 1. The SMILES string of the molecule is COc1ccc2nc(N)n(-c3cc(F)ccc3Cl)c2n1. The van der Waals surface area contributed by atoms with Gasteiger partial charge in [0.05, 0.1) is 17.8 Å². The van der Waals surface area contributed by atoms with Gasteiger partial charge in [0.2, 0.25) is 11.8 Å². The number of hydrogen-bond acceptors (Lipinski definition) is 4. The lowest BCUT2D eigenvalue weighted by molar-refractivity contribution is 0.399. The average Bonchev–Trinajstić information content (AvgIpc) is 2.76. The number of hydrogen-bond donors (Lipinski definition) is 1. The van der Waals surface area contributed by atoms with Crippen LogP contribution in [0, 0.1) is 5.82 Å². The lowest BCUT2D eigenvalue weighted by Gasteiger charge is -2.08. The van der Waals surface area contributed by atoms with E-state index in [2.05, 4.69) is 9.97 Å². The van der Waals surface area contributed by atoms with Crippen LogP contribution in [-0.4, -0.2) is 21.6 Å². The number of pyridine rings is 1. The maximum Gasteiger partial charge on any atom is 0.215 e. The van der Waals surface area contributed by atoms with E-state index >= 15 is 0 Å². The number of anilines is 1. The molecule has 1 aromatic carbocycles. The molecule has 0 aliphatic rings. The predicted molar refractivity (Wildman–Crippen MR) is 74.8 cm³/mol. The van der Waals surface area contributed by atoms with Gasteiger partial charge in [0, 0.05) is 6.07 Å². The smallest absolute Gasteiger partial charge is 0.215 e. The van der Waals surface area contributed by atoms with E-state index in [1.807, 2.05) is 0 Å². The predicted octanol–water partition coefficient (Wildman–Crippen LogP) is 2.80. The first-order valence-electron chi connectivity index (χ1n) is 5.74. The van der Waals surface area contributed by atoms with Gasteiger partial charge in [0.1, 0.15) is 11.3 Å². The van der Waals surface area contributed by atoms with Crippen LogP contribution < -0.4 is 10.5 Å². The molecule has 2 aromatic heterocycles. The van der Waals surface area contributed by atoms with Crippen molar-refractivity contribution in [2.75, 3.05) is 12.8 Å². The number of ether oxygens (including phenoxy) is 1. The third-order valence-corrected chi connectivity index (χ3v) is 3.18. The maximum atomic E-state index is 13.4. The van der Waals surface area contributed by atoms with Gasteiger partial charge in [-0.2, -0.15) is 4.98 Å². The second kappa shape index (κ2) is 4.64. The third kappa shape index (κ3) is 1.94. The fraction of sp³-hybridized carbons (Fsp3) is 0.0769. The molecule has 102 valence electrons. The Bertz CT molecular complexity index is 802. The molecule has 0 aliphatic carbocycles. The van der Waals surface area contributed by atoms with Gasteiger partial charge < -0.3 is 10.5 Å². The van der Waals surface area contributed by atoms with E-state index in [0.29, 0.717) is 27.8 Å². The van der Waals surface area contributed by atoms with Crippen LogP contribution in [0.4, 0.5) is 10.3 Å². The Kier molecular flexibility index (Phi) is 2.94. The van der Waals surface area contributed by atoms with Crippen molar-refractivity contribution in [1.82, 2.24) is 14.5 Å². The molecule has 3 rings (SSSR count). The molecule has 20 heavy (non-hydrogen) atoms. The highest BCUT2D eigenvalue weighted by molar-refractivity contribution is 6.32. The zero-order valence-corrected chi connectivity index (χ0v) is 11.2. The molecule has 2 N–H and O–H groups in total. The van der Waals surface area contributed by atoms with Crippen LogP contribution in [0.3, 0.4) is 0 Å². The van der Waals surface area contributed by atoms with Gasteiger partial charge in [0.15, 0.2) is 5.65 Å². The van der Waals surface area contributed by atoms with E-state index in [1.165, 1.54) is 29.9 Å². The molecular weight excluding hydrogens is 283 g/mol. The third-order valence-electron chi connectivity index (χ3n) is 2.86. The van der Waals surface area contributed by atoms with Crippen LogP contribution in [0.2, 0.25) is 5.02 Å². The van der Waals surface area contributed by atoms with E-state index < -0.39 is 5.82 Å². The number of rotatable bonds is 2. The summed E-state index contributed by atoms with van der Waals surface area (Å²) in [4.78, 5) is 8.46. The zero-order valence-electron chi connectivity index (χ0n) is 10.5. The van der Waals surface area contributed by atoms with Gasteiger partial charge in [-0.1, -0.05) is 11.6 Å². The first-order chi connectivity index (χ1) is 9.60. The van der Waals surface area contributed by atoms with Crippen molar-refractivity contribution in [3.05, 3.63) is 41.2 Å². The van der Waals surface area contributed by atoms with Crippen LogP contribution in [0.1, 0.15) is 0 Å². The van der Waals surface area contributed by atoms with Crippen molar-refractivity contribution in [3.8, 4) is 11.6 Å². The number of nitrogens with zero attached hydrogens (tertiary/aromatic N) is 3. The topological polar surface area (TPSA) is 66.0 Å². The summed E-state index contributed by atoms with van der Waals surface area (Å²) in [5.74, 6) is 0.160. The van der Waals surface area contributed by atoms with Gasteiger partial charge in [-0.25, -0.2) is 9.37 Å². The van der Waals surface area contributed by atoms with Gasteiger partial charge in [-0.15, -0.1) is 0 Å². The van der Waals surface area contributed by atoms with Gasteiger partial charge >= 0.3 is 0 Å². The molecule has 0 saturated carbocycles. The van der Waals surface area contributed by atoms with Crippen molar-refractivity contribution in [1.29, 1.82) is 0 Å². The molecule has 0 saturated heterocycles. The normalized spacial score (nSPS) is 10.9. The Morgan fingerprint density at radius 1 is 1.25 bits per heavy atom. The molecule has 0 radical (unpaired) electrons. The molecule has 0 atom stereocenters. The quantitative estimate of drug-likeness (QED) is 0.789. The molecule has 2 heterocycles. The van der Waals surface area contributed by atoms with Gasteiger partial charge in [-0.3, -0.25) is 4.57 Å². The van der Waals surface area contributed by atoms with Gasteiger partial charge in [0.25, 0.3) is 0 Å². The maximum absolute atomic E-state index is 13.4. The minimum Gasteiger partial charge on any atom is -0.481 e.